The summed E-state index contributed by atoms with van der Waals surface area (Å²) >= 11 is 7.20. The van der Waals surface area contributed by atoms with E-state index in [0.717, 1.165) is 5.56 Å². The van der Waals surface area contributed by atoms with Crippen molar-refractivity contribution in [2.45, 2.75) is 4.90 Å². The summed E-state index contributed by atoms with van der Waals surface area (Å²) in [7, 11) is 0. The summed E-state index contributed by atoms with van der Waals surface area (Å²) in [4.78, 5) is 15.2. The van der Waals surface area contributed by atoms with Crippen molar-refractivity contribution < 1.29 is 5.11 Å². The van der Waals surface area contributed by atoms with E-state index in [0.29, 0.717) is 26.6 Å². The lowest BCUT2D eigenvalue weighted by atomic mass is 10.2. The highest BCUT2D eigenvalue weighted by Crippen LogP contribution is 2.32. The number of aromatic amines is 1. The number of hydrogen-bond donors (Lipinski definition) is 2. The zero-order chi connectivity index (χ0) is 16.2. The molecule has 2 N–H and O–H groups in total. The molecule has 0 aliphatic carbocycles. The molecule has 0 fully saturated rings. The van der Waals surface area contributed by atoms with Gasteiger partial charge in [-0.2, -0.15) is 0 Å². The summed E-state index contributed by atoms with van der Waals surface area (Å²) < 4.78 is 0. The monoisotopic (exact) mass is 343 g/mol. The lowest BCUT2D eigenvalue weighted by Gasteiger charge is -2.06. The van der Waals surface area contributed by atoms with Gasteiger partial charge in [0, 0.05) is 16.2 Å². The number of H-pyrrole nitrogens is 1. The van der Waals surface area contributed by atoms with Gasteiger partial charge in [-0.05, 0) is 23.8 Å². The van der Waals surface area contributed by atoms with E-state index in [2.05, 4.69) is 4.98 Å². The summed E-state index contributed by atoms with van der Waals surface area (Å²) in [5.74, 6) is 0.587. The number of thioether (sulfide) groups is 1. The molecular formula is C18H14ClNO2S. The number of benzene rings is 2. The minimum Gasteiger partial charge on any atom is -0.506 e. The van der Waals surface area contributed by atoms with Gasteiger partial charge in [-0.1, -0.05) is 54.1 Å². The van der Waals surface area contributed by atoms with Gasteiger partial charge < -0.3 is 10.1 Å². The van der Waals surface area contributed by atoms with E-state index in [4.69, 9.17) is 11.6 Å². The highest BCUT2D eigenvalue weighted by Gasteiger charge is 2.11. The van der Waals surface area contributed by atoms with Crippen molar-refractivity contribution in [1.29, 1.82) is 0 Å². The van der Waals surface area contributed by atoms with E-state index >= 15 is 0 Å². The second-order valence-corrected chi connectivity index (χ2v) is 6.41. The molecule has 3 aromatic rings. The highest BCUT2D eigenvalue weighted by molar-refractivity contribution is 7.99. The molecule has 116 valence electrons. The van der Waals surface area contributed by atoms with E-state index in [-0.39, 0.29) is 11.3 Å². The van der Waals surface area contributed by atoms with Crippen molar-refractivity contribution in [3.8, 4) is 5.75 Å². The van der Waals surface area contributed by atoms with Gasteiger partial charge in [0.15, 0.2) is 0 Å². The fourth-order valence-electron chi connectivity index (χ4n) is 2.25. The van der Waals surface area contributed by atoms with Gasteiger partial charge in [-0.25, -0.2) is 0 Å². The Bertz CT molecular complexity index is 919. The number of hydrogen-bond acceptors (Lipinski definition) is 3. The minimum atomic E-state index is -0.310. The number of pyridine rings is 1. The number of halogens is 1. The first-order valence-corrected chi connectivity index (χ1v) is 8.40. The van der Waals surface area contributed by atoms with Crippen LogP contribution < -0.4 is 5.56 Å². The van der Waals surface area contributed by atoms with Crippen LogP contribution in [0.5, 0.6) is 5.75 Å². The summed E-state index contributed by atoms with van der Waals surface area (Å²) in [5.41, 5.74) is 1.32. The molecule has 23 heavy (non-hydrogen) atoms. The molecule has 1 heterocycles. The molecule has 0 spiro atoms. The maximum Gasteiger partial charge on any atom is 0.265 e. The Morgan fingerprint density at radius 1 is 1.17 bits per heavy atom. The third-order valence-electron chi connectivity index (χ3n) is 3.34. The lowest BCUT2D eigenvalue weighted by Crippen LogP contribution is -2.08. The molecule has 0 amide bonds. The molecule has 0 saturated carbocycles. The fraction of sp³-hybridized carbons (Fsp3) is 0.0556. The number of rotatable bonds is 4. The van der Waals surface area contributed by atoms with Crippen LogP contribution in [0.15, 0.2) is 64.3 Å². The second-order valence-electron chi connectivity index (χ2n) is 4.95. The third kappa shape index (κ3) is 3.60. The molecule has 1 aromatic heterocycles. The average molecular weight is 344 g/mol. The summed E-state index contributed by atoms with van der Waals surface area (Å²) in [6.07, 6.45) is 3.95. The average Bonchev–Trinajstić information content (AvgIpc) is 2.54. The standard InChI is InChI=1S/C18H14ClNO2S/c19-13-8-9-14-15(11-13)20-18(22)17(16(14)21)23-10-4-7-12-5-2-1-3-6-12/h1-9,11H,10H2,(H2,20,21,22)/b7-4-. The van der Waals surface area contributed by atoms with Crippen LogP contribution in [-0.2, 0) is 0 Å². The van der Waals surface area contributed by atoms with Crippen LogP contribution in [0.3, 0.4) is 0 Å². The molecule has 0 aliphatic heterocycles. The molecule has 0 atom stereocenters. The van der Waals surface area contributed by atoms with Crippen molar-refractivity contribution in [1.82, 2.24) is 4.98 Å². The van der Waals surface area contributed by atoms with Gasteiger partial charge >= 0.3 is 0 Å². The van der Waals surface area contributed by atoms with E-state index in [9.17, 15) is 9.90 Å². The molecule has 3 nitrogen and oxygen atoms in total. The van der Waals surface area contributed by atoms with Crippen molar-refractivity contribution >= 4 is 40.3 Å². The Hall–Kier alpha value is -2.17. The molecule has 0 radical (unpaired) electrons. The van der Waals surface area contributed by atoms with Gasteiger partial charge in [-0.15, -0.1) is 11.8 Å². The molecular weight excluding hydrogens is 330 g/mol. The van der Waals surface area contributed by atoms with Crippen molar-refractivity contribution in [3.63, 3.8) is 0 Å². The van der Waals surface area contributed by atoms with E-state index in [1.165, 1.54) is 11.8 Å². The summed E-state index contributed by atoms with van der Waals surface area (Å²) in [5, 5.41) is 11.4. The van der Waals surface area contributed by atoms with Crippen LogP contribution in [-0.4, -0.2) is 15.8 Å². The highest BCUT2D eigenvalue weighted by atomic mass is 35.5. The topological polar surface area (TPSA) is 53.1 Å². The van der Waals surface area contributed by atoms with Crippen LogP contribution in [0, 0.1) is 0 Å². The smallest absolute Gasteiger partial charge is 0.265 e. The molecule has 0 bridgehead atoms. The van der Waals surface area contributed by atoms with Gasteiger partial charge in [0.2, 0.25) is 0 Å². The Labute approximate surface area is 142 Å². The van der Waals surface area contributed by atoms with Gasteiger partial charge in [0.05, 0.1) is 5.52 Å². The third-order valence-corrected chi connectivity index (χ3v) is 4.60. The molecule has 0 unspecified atom stereocenters. The van der Waals surface area contributed by atoms with Gasteiger partial charge in [0.25, 0.3) is 5.56 Å². The van der Waals surface area contributed by atoms with Crippen molar-refractivity contribution in [2.75, 3.05) is 5.75 Å². The fourth-order valence-corrected chi connectivity index (χ4v) is 3.21. The molecule has 2 aromatic carbocycles. The minimum absolute atomic E-state index is 0.00136. The number of aromatic nitrogens is 1. The molecule has 0 saturated heterocycles. The maximum atomic E-state index is 12.1. The SMILES string of the molecule is O=c1[nH]c2cc(Cl)ccc2c(O)c1SC/C=C\c1ccccc1. The Morgan fingerprint density at radius 3 is 2.74 bits per heavy atom. The van der Waals surface area contributed by atoms with Crippen LogP contribution >= 0.6 is 23.4 Å². The maximum absolute atomic E-state index is 12.1. The first kappa shape index (κ1) is 15.7. The molecule has 5 heteroatoms. The van der Waals surface area contributed by atoms with E-state index < -0.39 is 0 Å². The molecule has 3 rings (SSSR count). The summed E-state index contributed by atoms with van der Waals surface area (Å²) in [6.45, 7) is 0. The zero-order valence-corrected chi connectivity index (χ0v) is 13.7. The van der Waals surface area contributed by atoms with Crippen LogP contribution in [0.1, 0.15) is 5.56 Å². The quantitative estimate of drug-likeness (QED) is 0.675. The summed E-state index contributed by atoms with van der Waals surface area (Å²) in [6, 6.07) is 14.9. The van der Waals surface area contributed by atoms with Crippen LogP contribution in [0.25, 0.3) is 17.0 Å². The van der Waals surface area contributed by atoms with Crippen molar-refractivity contribution in [2.24, 2.45) is 0 Å². The Kier molecular flexibility index (Phi) is 4.74. The zero-order valence-electron chi connectivity index (χ0n) is 12.1. The van der Waals surface area contributed by atoms with Gasteiger partial charge in [-0.3, -0.25) is 4.79 Å². The normalized spacial score (nSPS) is 11.3. The first-order valence-electron chi connectivity index (χ1n) is 7.04. The van der Waals surface area contributed by atoms with Crippen LogP contribution in [0.2, 0.25) is 5.02 Å². The number of nitrogens with one attached hydrogen (secondary N) is 1. The largest absolute Gasteiger partial charge is 0.506 e. The van der Waals surface area contributed by atoms with E-state index in [1.807, 2.05) is 42.5 Å². The van der Waals surface area contributed by atoms with Crippen molar-refractivity contribution in [3.05, 3.63) is 75.5 Å². The number of aromatic hydroxyl groups is 1. The first-order chi connectivity index (χ1) is 11.1. The van der Waals surface area contributed by atoms with Crippen LogP contribution in [0.4, 0.5) is 0 Å². The predicted octanol–water partition coefficient (Wildman–Crippen LogP) is 4.69. The lowest BCUT2D eigenvalue weighted by molar-refractivity contribution is 0.467. The van der Waals surface area contributed by atoms with Gasteiger partial charge in [0.1, 0.15) is 10.6 Å². The Balaban J connectivity index is 1.82. The molecule has 0 aliphatic rings. The van der Waals surface area contributed by atoms with E-state index in [1.54, 1.807) is 18.2 Å². The second kappa shape index (κ2) is 6.94. The predicted molar refractivity (Wildman–Crippen MR) is 97.4 cm³/mol. The number of fused-ring (bicyclic) bond motifs is 1. The Morgan fingerprint density at radius 2 is 1.96 bits per heavy atom.